The van der Waals surface area contributed by atoms with Crippen LogP contribution < -0.4 is 5.32 Å². The molecule has 1 aliphatic carbocycles. The Bertz CT molecular complexity index is 595. The minimum atomic E-state index is -0.0136. The van der Waals surface area contributed by atoms with Gasteiger partial charge >= 0.3 is 0 Å². The lowest BCUT2D eigenvalue weighted by atomic mass is 10.1. The third-order valence-corrected chi connectivity index (χ3v) is 3.91. The van der Waals surface area contributed by atoms with Crippen molar-refractivity contribution in [2.75, 3.05) is 0 Å². The van der Waals surface area contributed by atoms with Crippen LogP contribution >= 0.6 is 0 Å². The molecule has 0 spiro atoms. The minimum absolute atomic E-state index is 0.0136. The summed E-state index contributed by atoms with van der Waals surface area (Å²) in [4.78, 5) is 12.3. The maximum Gasteiger partial charge on any atom is 0.255 e. The first kappa shape index (κ1) is 13.0. The summed E-state index contributed by atoms with van der Waals surface area (Å²) in [6.45, 7) is 1.84. The minimum Gasteiger partial charge on any atom is -0.461 e. The first-order chi connectivity index (χ1) is 9.74. The molecule has 0 bridgehead atoms. The van der Waals surface area contributed by atoms with Gasteiger partial charge in [-0.25, -0.2) is 0 Å². The number of rotatable bonds is 3. The Hall–Kier alpha value is -2.03. The summed E-state index contributed by atoms with van der Waals surface area (Å²) in [5.74, 6) is 1.42. The Morgan fingerprint density at radius 2 is 1.90 bits per heavy atom. The molecule has 1 aromatic carbocycles. The van der Waals surface area contributed by atoms with Gasteiger partial charge in [0.25, 0.3) is 5.91 Å². The van der Waals surface area contributed by atoms with Crippen molar-refractivity contribution < 1.29 is 9.21 Å². The maximum atomic E-state index is 12.3. The number of hydrogen-bond acceptors (Lipinski definition) is 2. The number of carbonyl (C=O) groups excluding carboxylic acids is 1. The van der Waals surface area contributed by atoms with E-state index in [1.165, 1.54) is 12.8 Å². The van der Waals surface area contributed by atoms with E-state index in [0.29, 0.717) is 17.4 Å². The van der Waals surface area contributed by atoms with Crippen LogP contribution in [0.5, 0.6) is 0 Å². The highest BCUT2D eigenvalue weighted by atomic mass is 16.3. The van der Waals surface area contributed by atoms with Gasteiger partial charge in [0.1, 0.15) is 11.5 Å². The Labute approximate surface area is 119 Å². The molecule has 1 fully saturated rings. The van der Waals surface area contributed by atoms with E-state index in [9.17, 15) is 4.79 Å². The van der Waals surface area contributed by atoms with Crippen molar-refractivity contribution in [2.24, 2.45) is 0 Å². The van der Waals surface area contributed by atoms with Gasteiger partial charge in [-0.1, -0.05) is 43.2 Å². The molecule has 104 valence electrons. The zero-order valence-corrected chi connectivity index (χ0v) is 11.7. The van der Waals surface area contributed by atoms with Crippen LogP contribution in [0.2, 0.25) is 0 Å². The molecule has 20 heavy (non-hydrogen) atoms. The van der Waals surface area contributed by atoms with Gasteiger partial charge in [0, 0.05) is 11.6 Å². The van der Waals surface area contributed by atoms with Crippen LogP contribution in [0.1, 0.15) is 41.8 Å². The van der Waals surface area contributed by atoms with Crippen LogP contribution in [0.15, 0.2) is 40.8 Å². The summed E-state index contributed by atoms with van der Waals surface area (Å²) in [7, 11) is 0. The zero-order valence-electron chi connectivity index (χ0n) is 11.7. The third kappa shape index (κ3) is 2.62. The van der Waals surface area contributed by atoms with Crippen LogP contribution in [0.3, 0.4) is 0 Å². The Kier molecular flexibility index (Phi) is 3.59. The van der Waals surface area contributed by atoms with E-state index in [1.54, 1.807) is 0 Å². The van der Waals surface area contributed by atoms with Crippen LogP contribution in [-0.4, -0.2) is 11.9 Å². The fraction of sp³-hybridized carbons (Fsp3) is 0.353. The van der Waals surface area contributed by atoms with Crippen molar-refractivity contribution in [1.82, 2.24) is 5.32 Å². The molecule has 1 saturated carbocycles. The van der Waals surface area contributed by atoms with E-state index in [2.05, 4.69) is 5.32 Å². The molecule has 0 saturated heterocycles. The molecule has 1 aliphatic rings. The quantitative estimate of drug-likeness (QED) is 0.917. The van der Waals surface area contributed by atoms with Gasteiger partial charge in [0.05, 0.1) is 5.56 Å². The smallest absolute Gasteiger partial charge is 0.255 e. The lowest BCUT2D eigenvalue weighted by Gasteiger charge is -2.10. The SMILES string of the molecule is Cc1oc(-c2ccccc2)cc1C(=O)NC1CCCC1. The molecule has 0 unspecified atom stereocenters. The number of benzene rings is 1. The van der Waals surface area contributed by atoms with Crippen molar-refractivity contribution in [3.63, 3.8) is 0 Å². The molecule has 3 rings (SSSR count). The monoisotopic (exact) mass is 269 g/mol. The second kappa shape index (κ2) is 5.53. The Balaban J connectivity index is 1.80. The van der Waals surface area contributed by atoms with Crippen LogP contribution in [0.4, 0.5) is 0 Å². The summed E-state index contributed by atoms with van der Waals surface area (Å²) in [5, 5.41) is 3.10. The molecule has 0 atom stereocenters. The van der Waals surface area contributed by atoms with Gasteiger partial charge in [-0.3, -0.25) is 4.79 Å². The van der Waals surface area contributed by atoms with E-state index >= 15 is 0 Å². The summed E-state index contributed by atoms with van der Waals surface area (Å²) in [5.41, 5.74) is 1.64. The van der Waals surface area contributed by atoms with Gasteiger partial charge < -0.3 is 9.73 Å². The molecular weight excluding hydrogens is 250 g/mol. The molecule has 0 aliphatic heterocycles. The summed E-state index contributed by atoms with van der Waals surface area (Å²) in [6, 6.07) is 12.0. The van der Waals surface area contributed by atoms with E-state index in [0.717, 1.165) is 24.2 Å². The predicted molar refractivity (Wildman–Crippen MR) is 78.6 cm³/mol. The molecule has 1 heterocycles. The van der Waals surface area contributed by atoms with Crippen molar-refractivity contribution in [3.8, 4) is 11.3 Å². The number of hydrogen-bond donors (Lipinski definition) is 1. The average Bonchev–Trinajstić information content (AvgIpc) is 3.09. The van der Waals surface area contributed by atoms with Gasteiger partial charge in [0.15, 0.2) is 0 Å². The molecular formula is C17H19NO2. The van der Waals surface area contributed by atoms with Gasteiger partial charge in [-0.05, 0) is 25.8 Å². The molecule has 3 nitrogen and oxygen atoms in total. The van der Waals surface area contributed by atoms with E-state index in [-0.39, 0.29) is 5.91 Å². The first-order valence-corrected chi connectivity index (χ1v) is 7.21. The van der Waals surface area contributed by atoms with Crippen molar-refractivity contribution >= 4 is 5.91 Å². The average molecular weight is 269 g/mol. The summed E-state index contributed by atoms with van der Waals surface area (Å²) < 4.78 is 5.73. The molecule has 1 aromatic heterocycles. The largest absolute Gasteiger partial charge is 0.461 e. The topological polar surface area (TPSA) is 42.2 Å². The fourth-order valence-corrected chi connectivity index (χ4v) is 2.79. The van der Waals surface area contributed by atoms with Crippen LogP contribution in [0.25, 0.3) is 11.3 Å². The second-order valence-electron chi connectivity index (χ2n) is 5.40. The van der Waals surface area contributed by atoms with Crippen molar-refractivity contribution in [3.05, 3.63) is 47.7 Å². The second-order valence-corrected chi connectivity index (χ2v) is 5.40. The predicted octanol–water partition coefficient (Wildman–Crippen LogP) is 3.93. The molecule has 0 radical (unpaired) electrons. The first-order valence-electron chi connectivity index (χ1n) is 7.21. The Morgan fingerprint density at radius 1 is 1.20 bits per heavy atom. The number of amides is 1. The third-order valence-electron chi connectivity index (χ3n) is 3.91. The maximum absolute atomic E-state index is 12.3. The molecule has 3 heteroatoms. The number of furan rings is 1. The molecule has 2 aromatic rings. The normalized spacial score (nSPS) is 15.4. The van der Waals surface area contributed by atoms with E-state index in [1.807, 2.05) is 43.3 Å². The Morgan fingerprint density at radius 3 is 2.60 bits per heavy atom. The van der Waals surface area contributed by atoms with E-state index in [4.69, 9.17) is 4.42 Å². The summed E-state index contributed by atoms with van der Waals surface area (Å²) in [6.07, 6.45) is 4.61. The summed E-state index contributed by atoms with van der Waals surface area (Å²) >= 11 is 0. The lowest BCUT2D eigenvalue weighted by molar-refractivity contribution is 0.0936. The van der Waals surface area contributed by atoms with Gasteiger partial charge in [-0.2, -0.15) is 0 Å². The van der Waals surface area contributed by atoms with Gasteiger partial charge in [-0.15, -0.1) is 0 Å². The number of aryl methyl sites for hydroxylation is 1. The highest BCUT2D eigenvalue weighted by molar-refractivity contribution is 5.96. The number of nitrogens with one attached hydrogen (secondary N) is 1. The van der Waals surface area contributed by atoms with Crippen molar-refractivity contribution in [1.29, 1.82) is 0 Å². The molecule has 1 amide bonds. The number of carbonyl (C=O) groups is 1. The van der Waals surface area contributed by atoms with Crippen LogP contribution in [0, 0.1) is 6.92 Å². The standard InChI is InChI=1S/C17H19NO2/c1-12-15(17(19)18-14-9-5-6-10-14)11-16(20-12)13-7-3-2-4-8-13/h2-4,7-8,11,14H,5-6,9-10H2,1H3,(H,18,19). The van der Waals surface area contributed by atoms with Crippen LogP contribution in [-0.2, 0) is 0 Å². The molecule has 1 N–H and O–H groups in total. The fourth-order valence-electron chi connectivity index (χ4n) is 2.79. The zero-order chi connectivity index (χ0) is 13.9. The highest BCUT2D eigenvalue weighted by Crippen LogP contribution is 2.26. The lowest BCUT2D eigenvalue weighted by Crippen LogP contribution is -2.32. The van der Waals surface area contributed by atoms with E-state index < -0.39 is 0 Å². The van der Waals surface area contributed by atoms with Gasteiger partial charge in [0.2, 0.25) is 0 Å². The highest BCUT2D eigenvalue weighted by Gasteiger charge is 2.21. The van der Waals surface area contributed by atoms with Crippen molar-refractivity contribution in [2.45, 2.75) is 38.6 Å².